The SMILES string of the molecule is COc1cc(C=C2SC(=O)N(CC(=O)Nc3c(C)cccc3C)C2=O)c(Br)cc1O. The van der Waals surface area contributed by atoms with E-state index in [9.17, 15) is 19.5 Å². The standard InChI is InChI=1S/C21H19BrN2O5S/c1-11-5-4-6-12(2)19(11)23-18(26)10-24-20(27)17(30-21(24)28)8-13-7-16(29-3)15(25)9-14(13)22/h4-9,25H,10H2,1-3H3,(H,23,26). The van der Waals surface area contributed by atoms with Crippen LogP contribution in [0.25, 0.3) is 6.08 Å². The van der Waals surface area contributed by atoms with Crippen molar-refractivity contribution in [3.8, 4) is 11.5 Å². The van der Waals surface area contributed by atoms with Crippen molar-refractivity contribution < 1.29 is 24.2 Å². The Morgan fingerprint density at radius 1 is 1.27 bits per heavy atom. The van der Waals surface area contributed by atoms with Gasteiger partial charge in [0.15, 0.2) is 11.5 Å². The Kier molecular flexibility index (Phi) is 6.52. The number of halogens is 1. The molecular formula is C21H19BrN2O5S. The van der Waals surface area contributed by atoms with E-state index in [1.165, 1.54) is 19.3 Å². The minimum absolute atomic E-state index is 0.0576. The average molecular weight is 491 g/mol. The van der Waals surface area contributed by atoms with Crippen LogP contribution in [-0.4, -0.2) is 40.7 Å². The van der Waals surface area contributed by atoms with Crippen molar-refractivity contribution in [3.05, 3.63) is 56.4 Å². The maximum atomic E-state index is 12.7. The fourth-order valence-corrected chi connectivity index (χ4v) is 4.22. The van der Waals surface area contributed by atoms with Crippen molar-refractivity contribution in [2.24, 2.45) is 0 Å². The van der Waals surface area contributed by atoms with E-state index in [1.807, 2.05) is 32.0 Å². The van der Waals surface area contributed by atoms with Crippen LogP contribution in [0.3, 0.4) is 0 Å². The van der Waals surface area contributed by atoms with Crippen LogP contribution in [0.4, 0.5) is 10.5 Å². The molecule has 0 radical (unpaired) electrons. The average Bonchev–Trinajstić information content (AvgIpc) is 2.94. The Labute approximate surface area is 186 Å². The number of methoxy groups -OCH3 is 1. The highest BCUT2D eigenvalue weighted by molar-refractivity contribution is 9.10. The van der Waals surface area contributed by atoms with E-state index in [2.05, 4.69) is 21.2 Å². The highest BCUT2D eigenvalue weighted by Gasteiger charge is 2.36. The smallest absolute Gasteiger partial charge is 0.294 e. The van der Waals surface area contributed by atoms with Gasteiger partial charge in [0.25, 0.3) is 11.1 Å². The molecule has 3 rings (SSSR count). The van der Waals surface area contributed by atoms with Crippen LogP contribution in [0.5, 0.6) is 11.5 Å². The Hall–Kier alpha value is -2.78. The number of carbonyl (C=O) groups is 3. The zero-order valence-electron chi connectivity index (χ0n) is 16.5. The van der Waals surface area contributed by atoms with Crippen LogP contribution in [0.2, 0.25) is 0 Å². The Bertz CT molecular complexity index is 1060. The third-order valence-electron chi connectivity index (χ3n) is 4.51. The van der Waals surface area contributed by atoms with Crippen molar-refractivity contribution in [1.82, 2.24) is 4.90 Å². The number of nitrogens with one attached hydrogen (secondary N) is 1. The molecule has 0 aliphatic carbocycles. The summed E-state index contributed by atoms with van der Waals surface area (Å²) in [7, 11) is 1.41. The van der Waals surface area contributed by atoms with Gasteiger partial charge in [0.05, 0.1) is 12.0 Å². The molecule has 0 aromatic heterocycles. The molecule has 7 nitrogen and oxygen atoms in total. The molecule has 2 aromatic carbocycles. The van der Waals surface area contributed by atoms with Gasteiger partial charge < -0.3 is 15.2 Å². The number of phenols is 1. The molecule has 1 aliphatic heterocycles. The number of para-hydroxylation sites is 1. The molecule has 1 aliphatic rings. The van der Waals surface area contributed by atoms with Gasteiger partial charge in [-0.25, -0.2) is 0 Å². The van der Waals surface area contributed by atoms with Crippen LogP contribution in [0.1, 0.15) is 16.7 Å². The van der Waals surface area contributed by atoms with Gasteiger partial charge in [-0.2, -0.15) is 0 Å². The first-order valence-corrected chi connectivity index (χ1v) is 10.5. The molecule has 0 spiro atoms. The molecule has 0 unspecified atom stereocenters. The summed E-state index contributed by atoms with van der Waals surface area (Å²) in [5.74, 6) is -0.835. The number of hydrogen-bond donors (Lipinski definition) is 2. The molecule has 156 valence electrons. The third kappa shape index (κ3) is 4.52. The monoisotopic (exact) mass is 490 g/mol. The molecule has 9 heteroatoms. The van der Waals surface area contributed by atoms with Crippen LogP contribution >= 0.6 is 27.7 Å². The molecule has 3 amide bonds. The molecule has 2 aromatic rings. The van der Waals surface area contributed by atoms with Gasteiger partial charge in [0.2, 0.25) is 5.91 Å². The summed E-state index contributed by atoms with van der Waals surface area (Å²) in [6.07, 6.45) is 1.51. The lowest BCUT2D eigenvalue weighted by atomic mass is 10.1. The lowest BCUT2D eigenvalue weighted by Crippen LogP contribution is -2.36. The van der Waals surface area contributed by atoms with Crippen LogP contribution in [0, 0.1) is 13.8 Å². The van der Waals surface area contributed by atoms with Gasteiger partial charge in [0.1, 0.15) is 6.54 Å². The zero-order valence-corrected chi connectivity index (χ0v) is 18.9. The minimum atomic E-state index is -0.555. The summed E-state index contributed by atoms with van der Waals surface area (Å²) in [5.41, 5.74) is 3.01. The summed E-state index contributed by atoms with van der Waals surface area (Å²) in [6, 6.07) is 8.61. The second-order valence-corrected chi connectivity index (χ2v) is 8.48. The van der Waals surface area contributed by atoms with E-state index in [-0.39, 0.29) is 22.9 Å². The molecule has 30 heavy (non-hydrogen) atoms. The number of amides is 3. The topological polar surface area (TPSA) is 95.9 Å². The number of carbonyl (C=O) groups excluding carboxylic acids is 3. The molecule has 0 saturated carbocycles. The number of rotatable bonds is 5. The van der Waals surface area contributed by atoms with Crippen molar-refractivity contribution in [3.63, 3.8) is 0 Å². The van der Waals surface area contributed by atoms with Crippen molar-refractivity contribution >= 4 is 56.5 Å². The summed E-state index contributed by atoms with van der Waals surface area (Å²) in [6.45, 7) is 3.36. The number of ether oxygens (including phenoxy) is 1. The van der Waals surface area contributed by atoms with Gasteiger partial charge in [-0.3, -0.25) is 19.3 Å². The Balaban J connectivity index is 1.78. The van der Waals surface area contributed by atoms with Crippen molar-refractivity contribution in [2.45, 2.75) is 13.8 Å². The van der Waals surface area contributed by atoms with Crippen molar-refractivity contribution in [1.29, 1.82) is 0 Å². The maximum Gasteiger partial charge on any atom is 0.294 e. The number of hydrogen-bond acceptors (Lipinski definition) is 6. The molecule has 0 bridgehead atoms. The van der Waals surface area contributed by atoms with Gasteiger partial charge >= 0.3 is 0 Å². The van der Waals surface area contributed by atoms with E-state index in [0.717, 1.165) is 27.8 Å². The number of thioether (sulfide) groups is 1. The lowest BCUT2D eigenvalue weighted by molar-refractivity contribution is -0.127. The molecule has 2 N–H and O–H groups in total. The van der Waals surface area contributed by atoms with E-state index in [1.54, 1.807) is 6.07 Å². The molecule has 1 saturated heterocycles. The maximum absolute atomic E-state index is 12.7. The van der Waals surface area contributed by atoms with E-state index < -0.39 is 17.1 Å². The van der Waals surface area contributed by atoms with Crippen LogP contribution in [0.15, 0.2) is 39.7 Å². The number of aromatic hydroxyl groups is 1. The molecule has 1 heterocycles. The number of benzene rings is 2. The highest BCUT2D eigenvalue weighted by atomic mass is 79.9. The number of anilines is 1. The second-order valence-electron chi connectivity index (χ2n) is 6.63. The number of phenolic OH excluding ortho intramolecular Hbond substituents is 1. The minimum Gasteiger partial charge on any atom is -0.504 e. The van der Waals surface area contributed by atoms with E-state index in [4.69, 9.17) is 4.74 Å². The largest absolute Gasteiger partial charge is 0.504 e. The number of nitrogens with zero attached hydrogens (tertiary/aromatic N) is 1. The zero-order chi connectivity index (χ0) is 22.0. The summed E-state index contributed by atoms with van der Waals surface area (Å²) >= 11 is 4.07. The quantitative estimate of drug-likeness (QED) is 0.600. The fraction of sp³-hybridized carbons (Fsp3) is 0.190. The molecule has 1 fully saturated rings. The summed E-state index contributed by atoms with van der Waals surface area (Å²) < 4.78 is 5.61. The second kappa shape index (κ2) is 8.93. The molecule has 0 atom stereocenters. The predicted molar refractivity (Wildman–Crippen MR) is 120 cm³/mol. The highest BCUT2D eigenvalue weighted by Crippen LogP contribution is 2.37. The van der Waals surface area contributed by atoms with E-state index >= 15 is 0 Å². The number of aryl methyl sites for hydroxylation is 2. The van der Waals surface area contributed by atoms with Crippen LogP contribution in [-0.2, 0) is 9.59 Å². The lowest BCUT2D eigenvalue weighted by Gasteiger charge is -2.15. The first-order valence-electron chi connectivity index (χ1n) is 8.89. The summed E-state index contributed by atoms with van der Waals surface area (Å²) in [5, 5.41) is 12.1. The van der Waals surface area contributed by atoms with Gasteiger partial charge in [-0.15, -0.1) is 0 Å². The Morgan fingerprint density at radius 2 is 1.93 bits per heavy atom. The van der Waals surface area contributed by atoms with Gasteiger partial charge in [-0.1, -0.05) is 34.1 Å². The first kappa shape index (κ1) is 21.9. The first-order chi connectivity index (χ1) is 14.2. The fourth-order valence-electron chi connectivity index (χ4n) is 2.94. The predicted octanol–water partition coefficient (Wildman–Crippen LogP) is 4.46. The third-order valence-corrected chi connectivity index (χ3v) is 6.10. The summed E-state index contributed by atoms with van der Waals surface area (Å²) in [4.78, 5) is 38.6. The van der Waals surface area contributed by atoms with Crippen molar-refractivity contribution in [2.75, 3.05) is 19.0 Å². The van der Waals surface area contributed by atoms with E-state index in [0.29, 0.717) is 15.7 Å². The van der Waals surface area contributed by atoms with Crippen LogP contribution < -0.4 is 10.1 Å². The normalized spacial score (nSPS) is 15.1. The van der Waals surface area contributed by atoms with Gasteiger partial charge in [0, 0.05) is 10.2 Å². The Morgan fingerprint density at radius 3 is 2.57 bits per heavy atom. The van der Waals surface area contributed by atoms with Gasteiger partial charge in [-0.05, 0) is 60.5 Å². The number of imide groups is 1. The molecular weight excluding hydrogens is 472 g/mol.